The largest absolute Gasteiger partial charge is 0.399 e. The van der Waals surface area contributed by atoms with Gasteiger partial charge in [0, 0.05) is 20.9 Å². The third-order valence-electron chi connectivity index (χ3n) is 2.98. The Kier molecular flexibility index (Phi) is 3.38. The van der Waals surface area contributed by atoms with Gasteiger partial charge in [-0.3, -0.25) is 10.1 Å². The number of allylic oxidation sites excluding steroid dienone is 1. The molecule has 0 aromatic rings. The standard InChI is InChI=1S/C9H11BrF3NO2/c1-5-3-7(9(11,12)13)8(10,14(15)16)4-6(5)2/h7H,3-4H2,1-2H3. The van der Waals surface area contributed by atoms with Crippen molar-refractivity contribution in [3.8, 4) is 0 Å². The van der Waals surface area contributed by atoms with E-state index in [9.17, 15) is 23.3 Å². The van der Waals surface area contributed by atoms with Crippen molar-refractivity contribution in [1.82, 2.24) is 0 Å². The van der Waals surface area contributed by atoms with Crippen molar-refractivity contribution in [2.24, 2.45) is 5.92 Å². The van der Waals surface area contributed by atoms with Crippen LogP contribution in [0.4, 0.5) is 13.2 Å². The van der Waals surface area contributed by atoms with Crippen LogP contribution in [0.3, 0.4) is 0 Å². The Balaban J connectivity index is 3.20. The van der Waals surface area contributed by atoms with Gasteiger partial charge in [-0.2, -0.15) is 13.2 Å². The van der Waals surface area contributed by atoms with Crippen molar-refractivity contribution in [3.05, 3.63) is 21.3 Å². The first-order valence-electron chi connectivity index (χ1n) is 4.64. The van der Waals surface area contributed by atoms with Gasteiger partial charge in [-0.25, -0.2) is 0 Å². The van der Waals surface area contributed by atoms with E-state index in [2.05, 4.69) is 15.9 Å². The van der Waals surface area contributed by atoms with Crippen LogP contribution < -0.4 is 0 Å². The lowest BCUT2D eigenvalue weighted by molar-refractivity contribution is -0.555. The Hall–Kier alpha value is -0.590. The second-order valence-corrected chi connectivity index (χ2v) is 5.48. The minimum atomic E-state index is -4.57. The molecule has 0 heterocycles. The minimum Gasteiger partial charge on any atom is -0.263 e. The first-order valence-corrected chi connectivity index (χ1v) is 5.43. The zero-order valence-electron chi connectivity index (χ0n) is 8.77. The molecule has 0 amide bonds. The molecule has 0 N–H and O–H groups in total. The summed E-state index contributed by atoms with van der Waals surface area (Å²) in [4.78, 5) is 9.95. The van der Waals surface area contributed by atoms with E-state index in [1.54, 1.807) is 13.8 Å². The van der Waals surface area contributed by atoms with Crippen molar-refractivity contribution < 1.29 is 18.1 Å². The molecule has 7 heteroatoms. The average molecular weight is 302 g/mol. The van der Waals surface area contributed by atoms with Crippen LogP contribution >= 0.6 is 15.9 Å². The maximum Gasteiger partial charge on any atom is 0.399 e. The van der Waals surface area contributed by atoms with Gasteiger partial charge in [0.1, 0.15) is 5.92 Å². The highest BCUT2D eigenvalue weighted by Gasteiger charge is 2.61. The SMILES string of the molecule is CC1=C(C)CC(Br)([N+](=O)[O-])C(C(F)(F)F)C1. The third-order valence-corrected chi connectivity index (χ3v) is 4.11. The van der Waals surface area contributed by atoms with E-state index in [0.717, 1.165) is 0 Å². The number of hydrogen-bond donors (Lipinski definition) is 0. The van der Waals surface area contributed by atoms with E-state index < -0.39 is 21.5 Å². The fourth-order valence-corrected chi connectivity index (χ4v) is 2.68. The first-order chi connectivity index (χ1) is 7.09. The zero-order chi connectivity index (χ0) is 12.7. The zero-order valence-corrected chi connectivity index (χ0v) is 10.4. The van der Waals surface area contributed by atoms with Crippen LogP contribution in [-0.4, -0.2) is 15.5 Å². The molecule has 0 fully saturated rings. The molecular weight excluding hydrogens is 291 g/mol. The van der Waals surface area contributed by atoms with Crippen LogP contribution in [0.15, 0.2) is 11.1 Å². The molecule has 0 radical (unpaired) electrons. The topological polar surface area (TPSA) is 43.1 Å². The summed E-state index contributed by atoms with van der Waals surface area (Å²) < 4.78 is 36.1. The predicted molar refractivity (Wildman–Crippen MR) is 55.8 cm³/mol. The maximum atomic E-state index is 12.7. The smallest absolute Gasteiger partial charge is 0.263 e. The van der Waals surface area contributed by atoms with Crippen LogP contribution in [0.2, 0.25) is 0 Å². The number of hydrogen-bond acceptors (Lipinski definition) is 2. The normalized spacial score (nSPS) is 31.8. The highest BCUT2D eigenvalue weighted by atomic mass is 79.9. The molecule has 0 bridgehead atoms. The van der Waals surface area contributed by atoms with Gasteiger partial charge in [0.05, 0.1) is 6.42 Å². The molecular formula is C9H11BrF3NO2. The summed E-state index contributed by atoms with van der Waals surface area (Å²) >= 11 is 2.68. The third kappa shape index (κ3) is 2.23. The van der Waals surface area contributed by atoms with E-state index in [1.807, 2.05) is 0 Å². The molecule has 1 rings (SSSR count). The number of alkyl halides is 4. The summed E-state index contributed by atoms with van der Waals surface area (Å²) in [7, 11) is 0. The average Bonchev–Trinajstić information content (AvgIpc) is 2.09. The highest BCUT2D eigenvalue weighted by Crippen LogP contribution is 2.50. The molecule has 0 saturated carbocycles. The van der Waals surface area contributed by atoms with Crippen molar-refractivity contribution in [2.75, 3.05) is 0 Å². The molecule has 1 aliphatic rings. The van der Waals surface area contributed by atoms with E-state index >= 15 is 0 Å². The van der Waals surface area contributed by atoms with Gasteiger partial charge in [-0.15, -0.1) is 0 Å². The van der Waals surface area contributed by atoms with Crippen LogP contribution in [-0.2, 0) is 0 Å². The Labute approximate surface area is 99.0 Å². The number of nitrogens with zero attached hydrogens (tertiary/aromatic N) is 1. The Morgan fingerprint density at radius 1 is 1.44 bits per heavy atom. The van der Waals surface area contributed by atoms with Crippen LogP contribution in [0.5, 0.6) is 0 Å². The summed E-state index contributed by atoms with van der Waals surface area (Å²) in [6, 6.07) is 0. The van der Waals surface area contributed by atoms with Crippen LogP contribution in [0, 0.1) is 16.0 Å². The summed E-state index contributed by atoms with van der Waals surface area (Å²) in [6.07, 6.45) is -5.10. The van der Waals surface area contributed by atoms with Crippen molar-refractivity contribution in [1.29, 1.82) is 0 Å². The predicted octanol–water partition coefficient (Wildman–Crippen LogP) is 3.66. The first kappa shape index (κ1) is 13.5. The molecule has 2 unspecified atom stereocenters. The molecule has 16 heavy (non-hydrogen) atoms. The van der Waals surface area contributed by atoms with Crippen molar-refractivity contribution in [3.63, 3.8) is 0 Å². The molecule has 2 atom stereocenters. The number of rotatable bonds is 1. The summed E-state index contributed by atoms with van der Waals surface area (Å²) in [5, 5.41) is 10.8. The van der Waals surface area contributed by atoms with E-state index in [1.165, 1.54) is 0 Å². The summed E-state index contributed by atoms with van der Waals surface area (Å²) in [5.74, 6) is -1.97. The minimum absolute atomic E-state index is 0.212. The molecule has 0 spiro atoms. The molecule has 3 nitrogen and oxygen atoms in total. The van der Waals surface area contributed by atoms with Gasteiger partial charge in [0.15, 0.2) is 0 Å². The highest BCUT2D eigenvalue weighted by molar-refractivity contribution is 9.10. The molecule has 92 valence electrons. The molecule has 0 aromatic carbocycles. The lowest BCUT2D eigenvalue weighted by Crippen LogP contribution is -2.49. The number of halogens is 4. The Bertz CT molecular complexity index is 353. The van der Waals surface area contributed by atoms with E-state index in [4.69, 9.17) is 0 Å². The Morgan fingerprint density at radius 2 is 1.94 bits per heavy atom. The monoisotopic (exact) mass is 301 g/mol. The number of nitro groups is 1. The van der Waals surface area contributed by atoms with Gasteiger partial charge < -0.3 is 0 Å². The van der Waals surface area contributed by atoms with Crippen LogP contribution in [0.1, 0.15) is 26.7 Å². The lowest BCUT2D eigenvalue weighted by Gasteiger charge is -2.34. The van der Waals surface area contributed by atoms with Gasteiger partial charge in [-0.05, 0) is 20.3 Å². The summed E-state index contributed by atoms with van der Waals surface area (Å²) in [5.41, 5.74) is 1.23. The van der Waals surface area contributed by atoms with E-state index in [-0.39, 0.29) is 12.8 Å². The van der Waals surface area contributed by atoms with E-state index in [0.29, 0.717) is 11.1 Å². The lowest BCUT2D eigenvalue weighted by atomic mass is 9.81. The molecule has 0 aromatic heterocycles. The fraction of sp³-hybridized carbons (Fsp3) is 0.778. The van der Waals surface area contributed by atoms with Gasteiger partial charge in [-0.1, -0.05) is 11.1 Å². The summed E-state index contributed by atoms with van der Waals surface area (Å²) in [6.45, 7) is 3.21. The van der Waals surface area contributed by atoms with Gasteiger partial charge >= 0.3 is 6.18 Å². The molecule has 0 aliphatic heterocycles. The molecule has 1 aliphatic carbocycles. The van der Waals surface area contributed by atoms with Crippen molar-refractivity contribution >= 4 is 15.9 Å². The van der Waals surface area contributed by atoms with Crippen molar-refractivity contribution in [2.45, 2.75) is 37.3 Å². The fourth-order valence-electron chi connectivity index (χ4n) is 1.84. The molecule has 0 saturated heterocycles. The van der Waals surface area contributed by atoms with Crippen LogP contribution in [0.25, 0.3) is 0 Å². The quantitative estimate of drug-likeness (QED) is 0.244. The second-order valence-electron chi connectivity index (χ2n) is 4.11. The Morgan fingerprint density at radius 3 is 2.31 bits per heavy atom. The second kappa shape index (κ2) is 4.01. The maximum absolute atomic E-state index is 12.7. The van der Waals surface area contributed by atoms with Gasteiger partial charge in [0.25, 0.3) is 4.45 Å². The van der Waals surface area contributed by atoms with Gasteiger partial charge in [0.2, 0.25) is 0 Å².